The molecule has 0 radical (unpaired) electrons. The van der Waals surface area contributed by atoms with Gasteiger partial charge in [0.15, 0.2) is 0 Å². The number of carboxylic acids is 1. The average molecular weight is 563 g/mol. The summed E-state index contributed by atoms with van der Waals surface area (Å²) in [4.78, 5) is 11.4. The van der Waals surface area contributed by atoms with Gasteiger partial charge in [0, 0.05) is 0 Å². The summed E-state index contributed by atoms with van der Waals surface area (Å²) >= 11 is 0. The Kier molecular flexibility index (Phi) is 6.43. The molecule has 0 unspecified atom stereocenters. The molecule has 0 saturated carbocycles. The van der Waals surface area contributed by atoms with E-state index < -0.39 is 5.97 Å². The minimum Gasteiger partial charge on any atom is -0.478 e. The van der Waals surface area contributed by atoms with Crippen molar-refractivity contribution in [3.8, 4) is 11.1 Å². The topological polar surface area (TPSA) is 37.3 Å². The largest absolute Gasteiger partial charge is 0.478 e. The molecule has 6 aromatic carbocycles. The minimum atomic E-state index is -0.889. The molecule has 0 heterocycles. The van der Waals surface area contributed by atoms with Crippen molar-refractivity contribution in [3.63, 3.8) is 0 Å². The summed E-state index contributed by atoms with van der Waals surface area (Å²) in [6, 6.07) is 36.8. The Morgan fingerprint density at radius 2 is 1.28 bits per heavy atom. The van der Waals surface area contributed by atoms with Crippen molar-refractivity contribution in [1.29, 1.82) is 0 Å². The van der Waals surface area contributed by atoms with E-state index in [0.29, 0.717) is 5.56 Å². The van der Waals surface area contributed by atoms with Gasteiger partial charge in [-0.3, -0.25) is 0 Å². The van der Waals surface area contributed by atoms with Crippen LogP contribution in [0.3, 0.4) is 0 Å². The van der Waals surface area contributed by atoms with Gasteiger partial charge in [0.25, 0.3) is 0 Å². The zero-order valence-electron chi connectivity index (χ0n) is 25.5. The highest BCUT2D eigenvalue weighted by Crippen LogP contribution is 2.50. The number of benzene rings is 6. The summed E-state index contributed by atoms with van der Waals surface area (Å²) in [5.74, 6) is -0.889. The minimum absolute atomic E-state index is 0.0957. The highest BCUT2D eigenvalue weighted by molar-refractivity contribution is 6.16. The lowest BCUT2D eigenvalue weighted by atomic mass is 9.62. The lowest BCUT2D eigenvalue weighted by molar-refractivity contribution is 0.0697. The van der Waals surface area contributed by atoms with Crippen molar-refractivity contribution < 1.29 is 9.90 Å². The van der Waals surface area contributed by atoms with E-state index in [2.05, 4.69) is 107 Å². The second-order valence-electron chi connectivity index (χ2n) is 13.6. The van der Waals surface area contributed by atoms with Crippen LogP contribution in [-0.2, 0) is 23.7 Å². The standard InChI is InChI=1S/C41H38O2/c1-40(2)23-24-41(3,4)38-36-25-35(31-12-8-7-11-30(31)34(36)21-22-37(38)40)33-20-18-27-9-5-6-10-29(27)32(33)19-15-26-13-16-28(17-14-26)39(42)43/h5-14,16-18,20-22,25H,15,19,23-24H2,1-4H3,(H,42,43). The van der Waals surface area contributed by atoms with Crippen molar-refractivity contribution in [2.24, 2.45) is 0 Å². The van der Waals surface area contributed by atoms with Gasteiger partial charge in [-0.2, -0.15) is 0 Å². The highest BCUT2D eigenvalue weighted by Gasteiger charge is 2.38. The third-order valence-electron chi connectivity index (χ3n) is 10.0. The third kappa shape index (κ3) is 4.61. The maximum absolute atomic E-state index is 11.4. The lowest BCUT2D eigenvalue weighted by Gasteiger charge is -2.42. The molecule has 214 valence electrons. The van der Waals surface area contributed by atoms with Gasteiger partial charge in [0.1, 0.15) is 0 Å². The van der Waals surface area contributed by atoms with E-state index in [4.69, 9.17) is 0 Å². The smallest absolute Gasteiger partial charge is 0.335 e. The van der Waals surface area contributed by atoms with E-state index in [9.17, 15) is 9.90 Å². The molecule has 0 amide bonds. The third-order valence-corrected chi connectivity index (χ3v) is 10.0. The molecular weight excluding hydrogens is 524 g/mol. The Bertz CT molecular complexity index is 2040. The molecule has 6 aromatic rings. The van der Waals surface area contributed by atoms with E-state index in [1.807, 2.05) is 12.1 Å². The molecule has 7 rings (SSSR count). The van der Waals surface area contributed by atoms with Crippen LogP contribution in [0.15, 0.2) is 103 Å². The van der Waals surface area contributed by atoms with Crippen LogP contribution >= 0.6 is 0 Å². The maximum atomic E-state index is 11.4. The van der Waals surface area contributed by atoms with Crippen LogP contribution in [0.4, 0.5) is 0 Å². The second-order valence-corrected chi connectivity index (χ2v) is 13.6. The predicted molar refractivity (Wildman–Crippen MR) is 180 cm³/mol. The molecule has 0 aliphatic heterocycles. The molecule has 0 bridgehead atoms. The van der Waals surface area contributed by atoms with Crippen LogP contribution < -0.4 is 0 Å². The fourth-order valence-corrected chi connectivity index (χ4v) is 7.52. The van der Waals surface area contributed by atoms with Crippen LogP contribution in [-0.4, -0.2) is 11.1 Å². The monoisotopic (exact) mass is 562 g/mol. The molecule has 1 N–H and O–H groups in total. The summed E-state index contributed by atoms with van der Waals surface area (Å²) in [5.41, 5.74) is 8.62. The number of aryl methyl sites for hydroxylation is 2. The summed E-state index contributed by atoms with van der Waals surface area (Å²) in [7, 11) is 0. The van der Waals surface area contributed by atoms with E-state index in [1.54, 1.807) is 12.1 Å². The van der Waals surface area contributed by atoms with Gasteiger partial charge in [-0.25, -0.2) is 4.79 Å². The number of aromatic carboxylic acids is 1. The number of hydrogen-bond acceptors (Lipinski definition) is 1. The number of rotatable bonds is 5. The molecule has 1 aliphatic carbocycles. The Labute approximate surface area is 254 Å². The predicted octanol–water partition coefficient (Wildman–Crippen LogP) is 10.6. The van der Waals surface area contributed by atoms with Gasteiger partial charge < -0.3 is 5.11 Å². The molecule has 43 heavy (non-hydrogen) atoms. The first-order valence-electron chi connectivity index (χ1n) is 15.5. The first kappa shape index (κ1) is 27.4. The Morgan fingerprint density at radius 3 is 2.02 bits per heavy atom. The lowest BCUT2D eigenvalue weighted by Crippen LogP contribution is -2.34. The van der Waals surface area contributed by atoms with Gasteiger partial charge in [-0.1, -0.05) is 113 Å². The molecular formula is C41H38O2. The Balaban J connectivity index is 1.48. The molecule has 2 nitrogen and oxygen atoms in total. The van der Waals surface area contributed by atoms with Gasteiger partial charge >= 0.3 is 5.97 Å². The molecule has 0 saturated heterocycles. The summed E-state index contributed by atoms with van der Waals surface area (Å²) in [6.45, 7) is 9.65. The Hall–Kier alpha value is -4.43. The number of fused-ring (bicyclic) bond motifs is 6. The number of carbonyl (C=O) groups is 1. The van der Waals surface area contributed by atoms with Gasteiger partial charge in [0.05, 0.1) is 5.56 Å². The van der Waals surface area contributed by atoms with Crippen LogP contribution in [0.2, 0.25) is 0 Å². The first-order valence-corrected chi connectivity index (χ1v) is 15.5. The van der Waals surface area contributed by atoms with E-state index in [1.165, 1.54) is 73.0 Å². The summed E-state index contributed by atoms with van der Waals surface area (Å²) < 4.78 is 0. The van der Waals surface area contributed by atoms with Crippen LogP contribution in [0.25, 0.3) is 43.4 Å². The second kappa shape index (κ2) is 10.1. The van der Waals surface area contributed by atoms with Gasteiger partial charge in [-0.05, 0) is 120 Å². The van der Waals surface area contributed by atoms with Crippen LogP contribution in [0.1, 0.15) is 73.1 Å². The van der Waals surface area contributed by atoms with Crippen molar-refractivity contribution in [2.75, 3.05) is 0 Å². The summed E-state index contributed by atoms with van der Waals surface area (Å²) in [6.07, 6.45) is 4.07. The molecule has 0 fully saturated rings. The fourth-order valence-electron chi connectivity index (χ4n) is 7.52. The van der Waals surface area contributed by atoms with E-state index in [0.717, 1.165) is 18.4 Å². The average Bonchev–Trinajstić information content (AvgIpc) is 3.01. The zero-order valence-corrected chi connectivity index (χ0v) is 25.5. The molecule has 0 spiro atoms. The first-order chi connectivity index (χ1) is 20.6. The Morgan fingerprint density at radius 1 is 0.628 bits per heavy atom. The van der Waals surface area contributed by atoms with Crippen LogP contribution in [0, 0.1) is 0 Å². The molecule has 0 atom stereocenters. The highest BCUT2D eigenvalue weighted by atomic mass is 16.4. The van der Waals surface area contributed by atoms with E-state index in [-0.39, 0.29) is 10.8 Å². The van der Waals surface area contributed by atoms with Gasteiger partial charge in [-0.15, -0.1) is 0 Å². The molecule has 0 aromatic heterocycles. The van der Waals surface area contributed by atoms with Crippen molar-refractivity contribution in [1.82, 2.24) is 0 Å². The number of hydrogen-bond donors (Lipinski definition) is 1. The fraction of sp³-hybridized carbons (Fsp3) is 0.244. The van der Waals surface area contributed by atoms with E-state index >= 15 is 0 Å². The molecule has 1 aliphatic rings. The number of carboxylic acid groups (broad SMARTS) is 1. The SMILES string of the molecule is CC1(C)CCC(C)(C)c2c1ccc1c2cc(-c2ccc3ccccc3c2CCc2ccc(C(=O)O)cc2)c2ccccc21. The van der Waals surface area contributed by atoms with Crippen LogP contribution in [0.5, 0.6) is 0 Å². The van der Waals surface area contributed by atoms with Crippen molar-refractivity contribution in [3.05, 3.63) is 131 Å². The van der Waals surface area contributed by atoms with Gasteiger partial charge in [0.2, 0.25) is 0 Å². The molecule has 2 heteroatoms. The van der Waals surface area contributed by atoms with Crippen molar-refractivity contribution >= 4 is 38.3 Å². The zero-order chi connectivity index (χ0) is 29.9. The quantitative estimate of drug-likeness (QED) is 0.212. The van der Waals surface area contributed by atoms with Crippen molar-refractivity contribution in [2.45, 2.75) is 64.2 Å². The maximum Gasteiger partial charge on any atom is 0.335 e. The normalized spacial score (nSPS) is 15.5. The summed E-state index contributed by atoms with van der Waals surface area (Å²) in [5, 5.41) is 17.2.